The molecule has 0 bridgehead atoms. The number of carbonyl (C=O) groups is 2. The predicted molar refractivity (Wildman–Crippen MR) is 75.8 cm³/mol. The van der Waals surface area contributed by atoms with Crippen LogP contribution in [0.25, 0.3) is 0 Å². The molecule has 0 aliphatic heterocycles. The van der Waals surface area contributed by atoms with E-state index in [0.717, 1.165) is 12.8 Å². The molecule has 0 radical (unpaired) electrons. The van der Waals surface area contributed by atoms with Crippen molar-refractivity contribution in [2.75, 3.05) is 6.54 Å². The summed E-state index contributed by atoms with van der Waals surface area (Å²) in [4.78, 5) is 25.2. The van der Waals surface area contributed by atoms with Gasteiger partial charge in [0.05, 0.1) is 0 Å². The maximum Gasteiger partial charge on any atom is 0.331 e. The number of nitrogens with zero attached hydrogens (tertiary/aromatic N) is 1. The van der Waals surface area contributed by atoms with Crippen molar-refractivity contribution in [2.45, 2.75) is 31.8 Å². The van der Waals surface area contributed by atoms with E-state index in [9.17, 15) is 14.7 Å². The van der Waals surface area contributed by atoms with Gasteiger partial charge >= 0.3 is 12.0 Å². The van der Waals surface area contributed by atoms with Crippen molar-refractivity contribution in [3.63, 3.8) is 0 Å². The second-order valence-corrected chi connectivity index (χ2v) is 5.17. The summed E-state index contributed by atoms with van der Waals surface area (Å²) in [5, 5.41) is 12.2. The lowest BCUT2D eigenvalue weighted by molar-refractivity contribution is -0.139. The fourth-order valence-electron chi connectivity index (χ4n) is 2.14. The number of carboxylic acid groups (broad SMARTS) is 1. The largest absolute Gasteiger partial charge is 0.479 e. The van der Waals surface area contributed by atoms with Crippen LogP contribution < -0.4 is 5.32 Å². The Morgan fingerprint density at radius 2 is 2.10 bits per heavy atom. The highest BCUT2D eigenvalue weighted by molar-refractivity contribution is 6.31. The Kier molecular flexibility index (Phi) is 4.49. The van der Waals surface area contributed by atoms with E-state index >= 15 is 0 Å². The van der Waals surface area contributed by atoms with Crippen molar-refractivity contribution in [1.29, 1.82) is 0 Å². The summed E-state index contributed by atoms with van der Waals surface area (Å²) < 4.78 is 0. The molecule has 1 atom stereocenters. The first-order chi connectivity index (χ1) is 9.54. The van der Waals surface area contributed by atoms with Crippen LogP contribution in [0.15, 0.2) is 24.3 Å². The fourth-order valence-corrected chi connectivity index (χ4v) is 2.39. The molecule has 2 amide bonds. The molecule has 0 aromatic heterocycles. The van der Waals surface area contributed by atoms with E-state index in [2.05, 4.69) is 5.32 Å². The van der Waals surface area contributed by atoms with Crippen molar-refractivity contribution in [2.24, 2.45) is 0 Å². The van der Waals surface area contributed by atoms with Crippen molar-refractivity contribution < 1.29 is 14.7 Å². The molecule has 0 saturated heterocycles. The average Bonchev–Trinajstić information content (AvgIpc) is 3.22. The van der Waals surface area contributed by atoms with Gasteiger partial charge in [-0.2, -0.15) is 0 Å². The molecule has 1 aliphatic carbocycles. The van der Waals surface area contributed by atoms with Gasteiger partial charge in [0.25, 0.3) is 0 Å². The third-order valence-corrected chi connectivity index (χ3v) is 3.66. The van der Waals surface area contributed by atoms with Gasteiger partial charge in [0, 0.05) is 23.2 Å². The molecule has 2 N–H and O–H groups in total. The van der Waals surface area contributed by atoms with Crippen LogP contribution in [0.5, 0.6) is 0 Å². The minimum atomic E-state index is -1.14. The van der Waals surface area contributed by atoms with Crippen molar-refractivity contribution >= 4 is 23.6 Å². The molecule has 1 aromatic rings. The van der Waals surface area contributed by atoms with Crippen LogP contribution in [-0.4, -0.2) is 34.6 Å². The van der Waals surface area contributed by atoms with Gasteiger partial charge in [0.2, 0.25) is 0 Å². The molecule has 1 saturated carbocycles. The summed E-state index contributed by atoms with van der Waals surface area (Å²) in [6.45, 7) is 2.44. The molecular weight excluding hydrogens is 280 g/mol. The first-order valence-electron chi connectivity index (χ1n) is 6.59. The highest BCUT2D eigenvalue weighted by Crippen LogP contribution is 2.28. The van der Waals surface area contributed by atoms with Crippen LogP contribution in [0.2, 0.25) is 5.02 Å². The van der Waals surface area contributed by atoms with Gasteiger partial charge in [-0.3, -0.25) is 0 Å². The van der Waals surface area contributed by atoms with Gasteiger partial charge in [-0.05, 0) is 25.8 Å². The summed E-state index contributed by atoms with van der Waals surface area (Å²) in [6.07, 6.45) is 1.95. The highest BCUT2D eigenvalue weighted by atomic mass is 35.5. The quantitative estimate of drug-likeness (QED) is 0.877. The van der Waals surface area contributed by atoms with Gasteiger partial charge in [0.15, 0.2) is 6.04 Å². The van der Waals surface area contributed by atoms with Crippen molar-refractivity contribution in [1.82, 2.24) is 10.2 Å². The Hall–Kier alpha value is -1.75. The number of carbonyl (C=O) groups excluding carboxylic acids is 1. The second kappa shape index (κ2) is 6.13. The number of aliphatic carboxylic acids is 1. The first kappa shape index (κ1) is 14.7. The number of hydrogen-bond donors (Lipinski definition) is 2. The zero-order valence-electron chi connectivity index (χ0n) is 11.2. The smallest absolute Gasteiger partial charge is 0.331 e. The number of hydrogen-bond acceptors (Lipinski definition) is 2. The Bertz CT molecular complexity index is 517. The molecule has 0 unspecified atom stereocenters. The molecule has 1 fully saturated rings. The number of carboxylic acids is 1. The summed E-state index contributed by atoms with van der Waals surface area (Å²) in [5.41, 5.74) is 0.391. The highest BCUT2D eigenvalue weighted by Gasteiger charge is 2.34. The van der Waals surface area contributed by atoms with Crippen LogP contribution in [0.3, 0.4) is 0 Å². The molecule has 6 heteroatoms. The van der Waals surface area contributed by atoms with Crippen LogP contribution in [0, 0.1) is 0 Å². The topological polar surface area (TPSA) is 69.6 Å². The van der Waals surface area contributed by atoms with Crippen molar-refractivity contribution in [3.05, 3.63) is 34.9 Å². The SMILES string of the molecule is CCN(C(=O)N[C@@H](C(=O)O)c1ccccc1Cl)C1CC1. The number of benzene rings is 1. The Morgan fingerprint density at radius 1 is 1.45 bits per heavy atom. The molecule has 0 heterocycles. The zero-order chi connectivity index (χ0) is 14.7. The monoisotopic (exact) mass is 296 g/mol. The van der Waals surface area contributed by atoms with E-state index in [0.29, 0.717) is 17.1 Å². The minimum absolute atomic E-state index is 0.237. The number of urea groups is 1. The van der Waals surface area contributed by atoms with E-state index in [1.54, 1.807) is 29.2 Å². The van der Waals surface area contributed by atoms with E-state index < -0.39 is 12.0 Å². The molecule has 1 aromatic carbocycles. The maximum atomic E-state index is 12.2. The van der Waals surface area contributed by atoms with E-state index in [1.165, 1.54) is 0 Å². The molecule has 1 aliphatic rings. The van der Waals surface area contributed by atoms with Gasteiger partial charge in [0.1, 0.15) is 0 Å². The summed E-state index contributed by atoms with van der Waals surface area (Å²) in [6, 6.07) is 5.37. The van der Waals surface area contributed by atoms with Gasteiger partial charge in [-0.15, -0.1) is 0 Å². The number of nitrogens with one attached hydrogen (secondary N) is 1. The zero-order valence-corrected chi connectivity index (χ0v) is 11.9. The minimum Gasteiger partial charge on any atom is -0.479 e. The predicted octanol–water partition coefficient (Wildman–Crippen LogP) is 2.66. The van der Waals surface area contributed by atoms with E-state index in [4.69, 9.17) is 11.6 Å². The van der Waals surface area contributed by atoms with E-state index in [1.807, 2.05) is 6.92 Å². The lowest BCUT2D eigenvalue weighted by Gasteiger charge is -2.24. The molecule has 2 rings (SSSR count). The number of amides is 2. The normalized spacial score (nSPS) is 15.5. The number of rotatable bonds is 5. The molecule has 108 valence electrons. The summed E-state index contributed by atoms with van der Waals surface area (Å²) >= 11 is 6.01. The molecule has 20 heavy (non-hydrogen) atoms. The summed E-state index contributed by atoms with van der Waals surface area (Å²) in [5.74, 6) is -1.13. The Morgan fingerprint density at radius 3 is 2.60 bits per heavy atom. The van der Waals surface area contributed by atoms with Crippen LogP contribution in [0.1, 0.15) is 31.4 Å². The van der Waals surface area contributed by atoms with Crippen LogP contribution in [-0.2, 0) is 4.79 Å². The Balaban J connectivity index is 2.16. The van der Waals surface area contributed by atoms with Crippen molar-refractivity contribution in [3.8, 4) is 0 Å². The van der Waals surface area contributed by atoms with E-state index in [-0.39, 0.29) is 12.1 Å². The van der Waals surface area contributed by atoms with Gasteiger partial charge in [-0.1, -0.05) is 29.8 Å². The lowest BCUT2D eigenvalue weighted by Crippen LogP contribution is -2.44. The number of halogens is 1. The Labute approximate surface area is 122 Å². The third-order valence-electron chi connectivity index (χ3n) is 3.32. The second-order valence-electron chi connectivity index (χ2n) is 4.76. The third kappa shape index (κ3) is 3.22. The summed E-state index contributed by atoms with van der Waals surface area (Å²) in [7, 11) is 0. The standard InChI is InChI=1S/C14H17ClN2O3/c1-2-17(9-7-8-9)14(20)16-12(13(18)19)10-5-3-4-6-11(10)15/h3-6,9,12H,2,7-8H2,1H3,(H,16,20)(H,18,19)/t12-/m1/s1. The van der Waals surface area contributed by atoms with Crippen LogP contribution >= 0.6 is 11.6 Å². The maximum absolute atomic E-state index is 12.2. The van der Waals surface area contributed by atoms with Gasteiger partial charge < -0.3 is 15.3 Å². The van der Waals surface area contributed by atoms with Gasteiger partial charge in [-0.25, -0.2) is 9.59 Å². The first-order valence-corrected chi connectivity index (χ1v) is 6.96. The fraction of sp³-hybridized carbons (Fsp3) is 0.429. The molecular formula is C14H17ClN2O3. The average molecular weight is 297 g/mol. The lowest BCUT2D eigenvalue weighted by atomic mass is 10.1. The molecule has 0 spiro atoms. The molecule has 5 nitrogen and oxygen atoms in total. The van der Waals surface area contributed by atoms with Crippen LogP contribution in [0.4, 0.5) is 4.79 Å².